The number of imidazole rings is 1. The van der Waals surface area contributed by atoms with Crippen molar-refractivity contribution in [1.82, 2.24) is 9.97 Å². The van der Waals surface area contributed by atoms with E-state index in [0.717, 1.165) is 21.9 Å². The van der Waals surface area contributed by atoms with E-state index in [1.54, 1.807) is 6.20 Å². The maximum absolute atomic E-state index is 11.1. The van der Waals surface area contributed by atoms with Crippen molar-refractivity contribution in [3.05, 3.63) is 40.9 Å². The van der Waals surface area contributed by atoms with E-state index >= 15 is 0 Å². The van der Waals surface area contributed by atoms with Crippen LogP contribution in [0.5, 0.6) is 0 Å². The molecule has 0 fully saturated rings. The summed E-state index contributed by atoms with van der Waals surface area (Å²) < 4.78 is 0. The highest BCUT2D eigenvalue weighted by Gasteiger charge is 2.07. The van der Waals surface area contributed by atoms with Gasteiger partial charge in [0.25, 0.3) is 0 Å². The molecule has 3 rings (SSSR count). The lowest BCUT2D eigenvalue weighted by Crippen LogP contribution is -2.02. The minimum atomic E-state index is -0.176. The van der Waals surface area contributed by atoms with Gasteiger partial charge >= 0.3 is 5.69 Å². The van der Waals surface area contributed by atoms with Crippen molar-refractivity contribution in [2.24, 2.45) is 0 Å². The van der Waals surface area contributed by atoms with Crippen molar-refractivity contribution in [1.29, 1.82) is 0 Å². The third kappa shape index (κ3) is 0.877. The molecule has 2 aromatic heterocycles. The zero-order valence-electron chi connectivity index (χ0n) is 7.29. The van der Waals surface area contributed by atoms with Crippen LogP contribution in [-0.4, -0.2) is 9.97 Å². The van der Waals surface area contributed by atoms with Crippen LogP contribution in [0.2, 0.25) is 0 Å². The Morgan fingerprint density at radius 1 is 1.14 bits per heavy atom. The average Bonchev–Trinajstić information content (AvgIpc) is 2.59. The molecule has 1 aromatic carbocycles. The lowest BCUT2D eigenvalue weighted by atomic mass is 10.2. The molecule has 0 aliphatic heterocycles. The first kappa shape index (κ1) is 7.32. The molecule has 0 radical (unpaired) electrons. The molecule has 0 aliphatic rings. The normalized spacial score (nSPS) is 11.1. The van der Waals surface area contributed by atoms with Crippen molar-refractivity contribution < 1.29 is 4.98 Å². The topological polar surface area (TPSA) is 62.8 Å². The molecule has 4 nitrogen and oxygen atoms in total. The fourth-order valence-electron chi connectivity index (χ4n) is 1.69. The summed E-state index contributed by atoms with van der Waals surface area (Å²) in [5, 5.41) is 1.02. The number of fused-ring (bicyclic) bond motifs is 3. The summed E-state index contributed by atoms with van der Waals surface area (Å²) in [5.74, 6) is 0. The second kappa shape index (κ2) is 2.45. The molecule has 0 saturated carbocycles. The quantitative estimate of drug-likeness (QED) is 0.536. The molecule has 0 spiro atoms. The van der Waals surface area contributed by atoms with Gasteiger partial charge in [-0.2, -0.15) is 0 Å². The molecule has 0 unspecified atom stereocenters. The Bertz CT molecular complexity index is 665. The second-order valence-electron chi connectivity index (χ2n) is 3.20. The number of benzene rings is 1. The summed E-state index contributed by atoms with van der Waals surface area (Å²) in [6.07, 6.45) is 1.79. The van der Waals surface area contributed by atoms with E-state index in [4.69, 9.17) is 0 Å². The number of hydrogen-bond acceptors (Lipinski definition) is 1. The summed E-state index contributed by atoms with van der Waals surface area (Å²) in [7, 11) is 0. The van der Waals surface area contributed by atoms with E-state index in [0.29, 0.717) is 0 Å². The van der Waals surface area contributed by atoms with Gasteiger partial charge in [-0.05, 0) is 6.07 Å². The second-order valence-corrected chi connectivity index (χ2v) is 3.20. The van der Waals surface area contributed by atoms with Crippen LogP contribution in [0.4, 0.5) is 0 Å². The molecule has 3 N–H and O–H groups in total. The van der Waals surface area contributed by atoms with Crippen molar-refractivity contribution in [3.63, 3.8) is 0 Å². The van der Waals surface area contributed by atoms with E-state index < -0.39 is 0 Å². The Labute approximate surface area is 78.6 Å². The molecular weight excluding hydrogens is 178 g/mol. The highest BCUT2D eigenvalue weighted by Crippen LogP contribution is 2.15. The molecule has 3 aromatic rings. The van der Waals surface area contributed by atoms with Gasteiger partial charge in [0.05, 0.1) is 10.9 Å². The highest BCUT2D eigenvalue weighted by molar-refractivity contribution is 5.99. The predicted molar refractivity (Wildman–Crippen MR) is 53.0 cm³/mol. The monoisotopic (exact) mass is 186 g/mol. The molecule has 0 amide bonds. The van der Waals surface area contributed by atoms with Crippen LogP contribution in [0.1, 0.15) is 0 Å². The van der Waals surface area contributed by atoms with E-state index in [-0.39, 0.29) is 5.69 Å². The van der Waals surface area contributed by atoms with Gasteiger partial charge in [-0.3, -0.25) is 0 Å². The number of para-hydroxylation sites is 1. The molecule has 0 aliphatic carbocycles. The Morgan fingerprint density at radius 2 is 2.00 bits per heavy atom. The Morgan fingerprint density at radius 3 is 2.93 bits per heavy atom. The predicted octanol–water partition coefficient (Wildman–Crippen LogP) is 0.823. The summed E-state index contributed by atoms with van der Waals surface area (Å²) in [6.45, 7) is 0. The van der Waals surface area contributed by atoms with Crippen molar-refractivity contribution in [2.75, 3.05) is 0 Å². The van der Waals surface area contributed by atoms with Gasteiger partial charge in [-0.1, -0.05) is 12.1 Å². The third-order valence-corrected chi connectivity index (χ3v) is 2.32. The molecule has 68 valence electrons. The van der Waals surface area contributed by atoms with Gasteiger partial charge < -0.3 is 9.97 Å². The van der Waals surface area contributed by atoms with Gasteiger partial charge in [0, 0.05) is 6.07 Å². The van der Waals surface area contributed by atoms with E-state index in [2.05, 4.69) is 15.0 Å². The first-order chi connectivity index (χ1) is 6.84. The average molecular weight is 186 g/mol. The molecule has 0 saturated heterocycles. The van der Waals surface area contributed by atoms with Crippen LogP contribution in [0, 0.1) is 0 Å². The van der Waals surface area contributed by atoms with Gasteiger partial charge in [0.15, 0.2) is 6.20 Å². The maximum Gasteiger partial charge on any atom is 0.323 e. The van der Waals surface area contributed by atoms with Crippen LogP contribution in [0.15, 0.2) is 35.3 Å². The lowest BCUT2D eigenvalue weighted by Gasteiger charge is -1.91. The van der Waals surface area contributed by atoms with Gasteiger partial charge in [0.1, 0.15) is 5.52 Å². The molecule has 14 heavy (non-hydrogen) atoms. The third-order valence-electron chi connectivity index (χ3n) is 2.32. The zero-order chi connectivity index (χ0) is 9.54. The Balaban J connectivity index is 2.66. The standard InChI is InChI=1S/C10H7N3O/c14-10-12-8-5-11-7-4-2-1-3-6(7)9(8)13-10/h1-5H,(H2,12,13,14)/p+1. The minimum absolute atomic E-state index is 0.176. The number of rotatable bonds is 0. The van der Waals surface area contributed by atoms with Crippen LogP contribution in [-0.2, 0) is 0 Å². The number of hydrogen-bond donors (Lipinski definition) is 2. The van der Waals surface area contributed by atoms with Crippen LogP contribution < -0.4 is 10.7 Å². The van der Waals surface area contributed by atoms with Crippen molar-refractivity contribution in [3.8, 4) is 0 Å². The molecular formula is C10H8N3O+. The maximum atomic E-state index is 11.1. The number of H-pyrrole nitrogens is 3. The molecule has 4 heteroatoms. The first-order valence-corrected chi connectivity index (χ1v) is 4.36. The lowest BCUT2D eigenvalue weighted by molar-refractivity contribution is -0.342. The Hall–Kier alpha value is -2.10. The molecule has 0 atom stereocenters. The van der Waals surface area contributed by atoms with Crippen LogP contribution in [0.25, 0.3) is 21.9 Å². The smallest absolute Gasteiger partial charge is 0.305 e. The summed E-state index contributed by atoms with van der Waals surface area (Å²) >= 11 is 0. The van der Waals surface area contributed by atoms with Crippen LogP contribution >= 0.6 is 0 Å². The minimum Gasteiger partial charge on any atom is -0.305 e. The van der Waals surface area contributed by atoms with Gasteiger partial charge in [-0.25, -0.2) is 9.78 Å². The number of pyridine rings is 1. The van der Waals surface area contributed by atoms with Crippen molar-refractivity contribution in [2.45, 2.75) is 0 Å². The SMILES string of the molecule is O=c1[nH]c2c[nH+]c3ccccc3c2[nH]1. The zero-order valence-corrected chi connectivity index (χ0v) is 7.29. The Kier molecular flexibility index (Phi) is 1.28. The van der Waals surface area contributed by atoms with Gasteiger partial charge in [-0.15, -0.1) is 0 Å². The van der Waals surface area contributed by atoms with E-state index in [9.17, 15) is 4.79 Å². The van der Waals surface area contributed by atoms with E-state index in [1.807, 2.05) is 24.3 Å². The highest BCUT2D eigenvalue weighted by atomic mass is 16.1. The number of nitrogens with one attached hydrogen (secondary N) is 3. The van der Waals surface area contributed by atoms with Crippen LogP contribution in [0.3, 0.4) is 0 Å². The molecule has 0 bridgehead atoms. The largest absolute Gasteiger partial charge is 0.323 e. The molecule has 2 heterocycles. The summed E-state index contributed by atoms with van der Waals surface area (Å²) in [5.41, 5.74) is 2.48. The first-order valence-electron chi connectivity index (χ1n) is 4.36. The van der Waals surface area contributed by atoms with Gasteiger partial charge in [0.2, 0.25) is 5.52 Å². The summed E-state index contributed by atoms with van der Waals surface area (Å²) in [6, 6.07) is 7.84. The van der Waals surface area contributed by atoms with E-state index in [1.165, 1.54) is 0 Å². The fraction of sp³-hybridized carbons (Fsp3) is 0. The fourth-order valence-corrected chi connectivity index (χ4v) is 1.69. The van der Waals surface area contributed by atoms with Crippen molar-refractivity contribution >= 4 is 21.9 Å². The number of aromatic amines is 3. The summed E-state index contributed by atoms with van der Waals surface area (Å²) in [4.78, 5) is 19.7. The number of aromatic nitrogens is 3.